The molecule has 16 heavy (non-hydrogen) atoms. The standard InChI is InChI=1S/C12H12ClNO2/c1-8-3-4-9(13)10(11(8)16-2)12(5-6-12)14-7-15/h3-4H,5-6H2,1-2H3. The average Bonchev–Trinajstić information content (AvgIpc) is 3.02. The lowest BCUT2D eigenvalue weighted by Gasteiger charge is -2.17. The first kappa shape index (κ1) is 11.2. The molecule has 0 unspecified atom stereocenters. The lowest BCUT2D eigenvalue weighted by Crippen LogP contribution is -2.07. The molecule has 0 aromatic heterocycles. The van der Waals surface area contributed by atoms with Crippen LogP contribution in [0.3, 0.4) is 0 Å². The van der Waals surface area contributed by atoms with Crippen LogP contribution in [0.5, 0.6) is 5.75 Å². The van der Waals surface area contributed by atoms with E-state index in [-0.39, 0.29) is 0 Å². The second-order valence-electron chi connectivity index (χ2n) is 4.01. The topological polar surface area (TPSA) is 38.7 Å². The number of aryl methyl sites for hydroxylation is 1. The van der Waals surface area contributed by atoms with Crippen LogP contribution in [-0.2, 0) is 10.3 Å². The van der Waals surface area contributed by atoms with Gasteiger partial charge in [0.25, 0.3) is 0 Å². The maximum atomic E-state index is 10.5. The van der Waals surface area contributed by atoms with Crippen LogP contribution in [0.25, 0.3) is 0 Å². The van der Waals surface area contributed by atoms with E-state index >= 15 is 0 Å². The molecular weight excluding hydrogens is 226 g/mol. The van der Waals surface area contributed by atoms with Gasteiger partial charge in [0.1, 0.15) is 11.3 Å². The van der Waals surface area contributed by atoms with Crippen molar-refractivity contribution in [2.45, 2.75) is 25.3 Å². The zero-order chi connectivity index (χ0) is 11.8. The van der Waals surface area contributed by atoms with Gasteiger partial charge in [0.15, 0.2) is 0 Å². The second-order valence-corrected chi connectivity index (χ2v) is 4.41. The monoisotopic (exact) mass is 237 g/mol. The third kappa shape index (κ3) is 1.62. The van der Waals surface area contributed by atoms with E-state index in [1.165, 1.54) is 0 Å². The van der Waals surface area contributed by atoms with E-state index in [0.717, 1.165) is 29.7 Å². The van der Waals surface area contributed by atoms with Gasteiger partial charge in [-0.05, 0) is 31.4 Å². The minimum absolute atomic E-state index is 0.490. The fourth-order valence-electron chi connectivity index (χ4n) is 1.98. The zero-order valence-corrected chi connectivity index (χ0v) is 9.97. The van der Waals surface area contributed by atoms with E-state index in [4.69, 9.17) is 16.3 Å². The number of carbonyl (C=O) groups excluding carboxylic acids is 1. The highest BCUT2D eigenvalue weighted by atomic mass is 35.5. The zero-order valence-electron chi connectivity index (χ0n) is 9.21. The van der Waals surface area contributed by atoms with Crippen molar-refractivity contribution in [1.29, 1.82) is 0 Å². The Morgan fingerprint density at radius 2 is 2.19 bits per heavy atom. The Bertz CT molecular complexity index is 474. The van der Waals surface area contributed by atoms with E-state index in [9.17, 15) is 4.79 Å². The molecule has 0 bridgehead atoms. The Morgan fingerprint density at radius 1 is 1.50 bits per heavy atom. The van der Waals surface area contributed by atoms with E-state index in [0.29, 0.717) is 5.02 Å². The van der Waals surface area contributed by atoms with Crippen molar-refractivity contribution < 1.29 is 9.53 Å². The molecular formula is C12H12ClNO2. The van der Waals surface area contributed by atoms with Crippen LogP contribution < -0.4 is 4.74 Å². The molecule has 0 spiro atoms. The number of aliphatic imine (C=N–C) groups is 1. The summed E-state index contributed by atoms with van der Waals surface area (Å²) in [6.45, 7) is 1.94. The number of halogens is 1. The SMILES string of the molecule is COc1c(C)ccc(Cl)c1C1(N=C=O)CC1. The maximum absolute atomic E-state index is 10.5. The van der Waals surface area contributed by atoms with Gasteiger partial charge in [-0.3, -0.25) is 0 Å². The van der Waals surface area contributed by atoms with Crippen molar-refractivity contribution in [3.8, 4) is 5.75 Å². The molecule has 1 aromatic rings. The highest BCUT2D eigenvalue weighted by molar-refractivity contribution is 6.31. The highest BCUT2D eigenvalue weighted by Crippen LogP contribution is 2.55. The summed E-state index contributed by atoms with van der Waals surface area (Å²) in [5, 5.41) is 0.596. The predicted octanol–water partition coefficient (Wildman–Crippen LogP) is 2.98. The summed E-state index contributed by atoms with van der Waals surface area (Å²) in [6, 6.07) is 3.71. The van der Waals surface area contributed by atoms with Gasteiger partial charge in [0.2, 0.25) is 6.08 Å². The van der Waals surface area contributed by atoms with Gasteiger partial charge in [-0.25, -0.2) is 4.79 Å². The molecule has 0 heterocycles. The molecule has 2 rings (SSSR count). The molecule has 0 amide bonds. The largest absolute Gasteiger partial charge is 0.496 e. The fraction of sp³-hybridized carbons (Fsp3) is 0.417. The molecule has 3 nitrogen and oxygen atoms in total. The fourth-order valence-corrected chi connectivity index (χ4v) is 2.31. The quantitative estimate of drug-likeness (QED) is 0.599. The van der Waals surface area contributed by atoms with Gasteiger partial charge < -0.3 is 4.74 Å². The van der Waals surface area contributed by atoms with Gasteiger partial charge in [0.05, 0.1) is 7.11 Å². The lowest BCUT2D eigenvalue weighted by molar-refractivity contribution is 0.401. The van der Waals surface area contributed by atoms with Crippen LogP contribution >= 0.6 is 11.6 Å². The Labute approximate surface area is 99.1 Å². The average molecular weight is 238 g/mol. The smallest absolute Gasteiger partial charge is 0.235 e. The summed E-state index contributed by atoms with van der Waals surface area (Å²) in [7, 11) is 1.60. The molecule has 1 aliphatic rings. The first-order valence-electron chi connectivity index (χ1n) is 5.07. The van der Waals surface area contributed by atoms with Crippen LogP contribution in [-0.4, -0.2) is 13.2 Å². The summed E-state index contributed by atoms with van der Waals surface area (Å²) < 4.78 is 5.36. The Kier molecular flexibility index (Phi) is 2.75. The van der Waals surface area contributed by atoms with Crippen LogP contribution in [0.2, 0.25) is 5.02 Å². The van der Waals surface area contributed by atoms with Gasteiger partial charge in [-0.15, -0.1) is 0 Å². The van der Waals surface area contributed by atoms with Crippen molar-refractivity contribution in [2.24, 2.45) is 4.99 Å². The number of hydrogen-bond donors (Lipinski definition) is 0. The number of isocyanates is 1. The van der Waals surface area contributed by atoms with E-state index in [1.807, 2.05) is 19.1 Å². The van der Waals surface area contributed by atoms with Crippen molar-refractivity contribution in [3.63, 3.8) is 0 Å². The molecule has 1 aromatic carbocycles. The van der Waals surface area contributed by atoms with Crippen LogP contribution in [0.15, 0.2) is 17.1 Å². The molecule has 0 aliphatic heterocycles. The maximum Gasteiger partial charge on any atom is 0.235 e. The first-order chi connectivity index (χ1) is 7.64. The summed E-state index contributed by atoms with van der Waals surface area (Å²) >= 11 is 6.17. The Balaban J connectivity index is 2.63. The minimum atomic E-state index is -0.490. The Hall–Kier alpha value is -1.31. The van der Waals surface area contributed by atoms with Crippen molar-refractivity contribution in [3.05, 3.63) is 28.3 Å². The highest BCUT2D eigenvalue weighted by Gasteiger charge is 2.48. The van der Waals surface area contributed by atoms with E-state index in [1.54, 1.807) is 13.2 Å². The lowest BCUT2D eigenvalue weighted by atomic mass is 10.0. The van der Waals surface area contributed by atoms with E-state index < -0.39 is 5.54 Å². The minimum Gasteiger partial charge on any atom is -0.496 e. The number of rotatable bonds is 3. The summed E-state index contributed by atoms with van der Waals surface area (Å²) in [5.74, 6) is 0.726. The van der Waals surface area contributed by atoms with Crippen LogP contribution in [0.4, 0.5) is 0 Å². The molecule has 1 aliphatic carbocycles. The molecule has 1 fully saturated rings. The number of hydrogen-bond acceptors (Lipinski definition) is 3. The van der Waals surface area contributed by atoms with Crippen molar-refractivity contribution in [1.82, 2.24) is 0 Å². The van der Waals surface area contributed by atoms with Crippen LogP contribution in [0.1, 0.15) is 24.0 Å². The summed E-state index contributed by atoms with van der Waals surface area (Å²) in [5.41, 5.74) is 1.32. The molecule has 84 valence electrons. The summed E-state index contributed by atoms with van der Waals surface area (Å²) in [6.07, 6.45) is 3.27. The predicted molar refractivity (Wildman–Crippen MR) is 61.8 cm³/mol. The third-order valence-corrected chi connectivity index (χ3v) is 3.27. The Morgan fingerprint density at radius 3 is 2.69 bits per heavy atom. The van der Waals surface area contributed by atoms with Crippen molar-refractivity contribution >= 4 is 17.7 Å². The van der Waals surface area contributed by atoms with Gasteiger partial charge in [-0.1, -0.05) is 17.7 Å². The van der Waals surface area contributed by atoms with Gasteiger partial charge in [0, 0.05) is 10.6 Å². The van der Waals surface area contributed by atoms with Gasteiger partial charge >= 0.3 is 0 Å². The second kappa shape index (κ2) is 3.93. The number of nitrogens with zero attached hydrogens (tertiary/aromatic N) is 1. The molecule has 0 atom stereocenters. The summed E-state index contributed by atoms with van der Waals surface area (Å²) in [4.78, 5) is 14.3. The van der Waals surface area contributed by atoms with E-state index in [2.05, 4.69) is 4.99 Å². The number of ether oxygens (including phenoxy) is 1. The molecule has 0 radical (unpaired) electrons. The van der Waals surface area contributed by atoms with Gasteiger partial charge in [-0.2, -0.15) is 4.99 Å². The molecule has 0 N–H and O–H groups in total. The molecule has 1 saturated carbocycles. The number of benzene rings is 1. The van der Waals surface area contributed by atoms with Crippen LogP contribution in [0, 0.1) is 6.92 Å². The molecule has 4 heteroatoms. The number of methoxy groups -OCH3 is 1. The van der Waals surface area contributed by atoms with Crippen molar-refractivity contribution in [2.75, 3.05) is 7.11 Å². The first-order valence-corrected chi connectivity index (χ1v) is 5.45. The normalized spacial score (nSPS) is 16.4. The third-order valence-electron chi connectivity index (χ3n) is 2.96. The molecule has 0 saturated heterocycles.